The molecule has 120 valence electrons. The first-order chi connectivity index (χ1) is 10.8. The number of piperidine rings is 2. The Labute approximate surface area is 133 Å². The highest BCUT2D eigenvalue weighted by Crippen LogP contribution is 2.41. The van der Waals surface area contributed by atoms with E-state index in [0.29, 0.717) is 5.41 Å². The van der Waals surface area contributed by atoms with Crippen molar-refractivity contribution in [3.8, 4) is 0 Å². The molecule has 1 spiro atoms. The monoisotopic (exact) mass is 300 g/mol. The molecule has 4 rings (SSSR count). The summed E-state index contributed by atoms with van der Waals surface area (Å²) < 4.78 is 0. The van der Waals surface area contributed by atoms with E-state index in [2.05, 4.69) is 19.8 Å². The maximum Gasteiger partial charge on any atom is 0.147 e. The zero-order valence-electron chi connectivity index (χ0n) is 13.6. The Morgan fingerprint density at radius 1 is 1.05 bits per heavy atom. The third kappa shape index (κ3) is 2.98. The molecule has 4 nitrogen and oxygen atoms in total. The van der Waals surface area contributed by atoms with Crippen LogP contribution in [0.3, 0.4) is 0 Å². The second-order valence-corrected chi connectivity index (χ2v) is 7.69. The van der Waals surface area contributed by atoms with Crippen LogP contribution in [-0.4, -0.2) is 47.6 Å². The third-order valence-corrected chi connectivity index (χ3v) is 6.18. The normalized spacial score (nSPS) is 26.1. The molecule has 3 fully saturated rings. The quantitative estimate of drug-likeness (QED) is 0.859. The van der Waals surface area contributed by atoms with Gasteiger partial charge in [-0.05, 0) is 56.4 Å². The van der Waals surface area contributed by atoms with Crippen LogP contribution in [0.4, 0.5) is 5.82 Å². The van der Waals surface area contributed by atoms with E-state index >= 15 is 0 Å². The van der Waals surface area contributed by atoms with Crippen LogP contribution in [0.15, 0.2) is 18.6 Å². The Hall–Kier alpha value is -1.16. The summed E-state index contributed by atoms with van der Waals surface area (Å²) in [6.45, 7) is 6.35. The molecule has 0 amide bonds. The molecule has 2 aliphatic heterocycles. The Morgan fingerprint density at radius 2 is 1.91 bits per heavy atom. The van der Waals surface area contributed by atoms with Gasteiger partial charge < -0.3 is 9.80 Å². The van der Waals surface area contributed by atoms with Gasteiger partial charge in [0.25, 0.3) is 0 Å². The van der Waals surface area contributed by atoms with E-state index in [1.54, 1.807) is 12.4 Å². The molecule has 3 aliphatic rings. The van der Waals surface area contributed by atoms with Gasteiger partial charge in [-0.25, -0.2) is 4.98 Å². The van der Waals surface area contributed by atoms with Crippen LogP contribution in [0.1, 0.15) is 44.9 Å². The fourth-order valence-electron chi connectivity index (χ4n) is 4.58. The third-order valence-electron chi connectivity index (χ3n) is 6.18. The topological polar surface area (TPSA) is 32.3 Å². The molecular formula is C18H28N4. The fourth-order valence-corrected chi connectivity index (χ4v) is 4.58. The van der Waals surface area contributed by atoms with Gasteiger partial charge in [0.2, 0.25) is 0 Å². The summed E-state index contributed by atoms with van der Waals surface area (Å²) >= 11 is 0. The zero-order valence-corrected chi connectivity index (χ0v) is 13.6. The first-order valence-corrected chi connectivity index (χ1v) is 9.06. The van der Waals surface area contributed by atoms with Gasteiger partial charge in [0.15, 0.2) is 0 Å². The van der Waals surface area contributed by atoms with Crippen LogP contribution in [0.2, 0.25) is 0 Å². The first-order valence-electron chi connectivity index (χ1n) is 9.06. The second kappa shape index (κ2) is 6.15. The van der Waals surface area contributed by atoms with Gasteiger partial charge >= 0.3 is 0 Å². The molecule has 1 saturated carbocycles. The van der Waals surface area contributed by atoms with Crippen molar-refractivity contribution in [1.82, 2.24) is 14.9 Å². The summed E-state index contributed by atoms with van der Waals surface area (Å²) in [4.78, 5) is 13.9. The van der Waals surface area contributed by atoms with E-state index in [4.69, 9.17) is 0 Å². The summed E-state index contributed by atoms with van der Waals surface area (Å²) in [6.07, 6.45) is 15.4. The highest BCUT2D eigenvalue weighted by Gasteiger charge is 2.39. The van der Waals surface area contributed by atoms with Crippen LogP contribution in [0.25, 0.3) is 0 Å². The molecule has 0 unspecified atom stereocenters. The average Bonchev–Trinajstić information content (AvgIpc) is 2.53. The van der Waals surface area contributed by atoms with Gasteiger partial charge in [-0.1, -0.05) is 6.42 Å². The molecule has 3 heterocycles. The van der Waals surface area contributed by atoms with Crippen molar-refractivity contribution in [2.45, 2.75) is 44.9 Å². The van der Waals surface area contributed by atoms with Gasteiger partial charge in [-0.15, -0.1) is 0 Å². The van der Waals surface area contributed by atoms with Crippen molar-refractivity contribution in [2.24, 2.45) is 11.3 Å². The summed E-state index contributed by atoms with van der Waals surface area (Å²) in [7, 11) is 0. The maximum atomic E-state index is 4.46. The molecule has 0 atom stereocenters. The van der Waals surface area contributed by atoms with Crippen molar-refractivity contribution < 1.29 is 0 Å². The summed E-state index contributed by atoms with van der Waals surface area (Å²) in [6, 6.07) is 0. The molecule has 0 bridgehead atoms. The molecule has 0 radical (unpaired) electrons. The molecule has 0 aromatic carbocycles. The summed E-state index contributed by atoms with van der Waals surface area (Å²) in [5, 5.41) is 0. The number of aromatic nitrogens is 2. The van der Waals surface area contributed by atoms with E-state index in [1.165, 1.54) is 64.6 Å². The van der Waals surface area contributed by atoms with Crippen molar-refractivity contribution in [3.63, 3.8) is 0 Å². The first kappa shape index (κ1) is 14.4. The predicted molar refractivity (Wildman–Crippen MR) is 88.9 cm³/mol. The van der Waals surface area contributed by atoms with Gasteiger partial charge in [0.1, 0.15) is 5.82 Å². The van der Waals surface area contributed by atoms with E-state index < -0.39 is 0 Å². The van der Waals surface area contributed by atoms with Gasteiger partial charge in [0, 0.05) is 38.6 Å². The van der Waals surface area contributed by atoms with Crippen molar-refractivity contribution in [3.05, 3.63) is 18.6 Å². The second-order valence-electron chi connectivity index (χ2n) is 7.69. The number of anilines is 1. The zero-order chi connectivity index (χ0) is 14.8. The van der Waals surface area contributed by atoms with Crippen LogP contribution >= 0.6 is 0 Å². The molecule has 1 aromatic rings. The standard InChI is InChI=1S/C18H28N4/c1-3-16(4-1)14-21-10-2-5-18(15-21)6-11-22(12-7-18)17-13-19-8-9-20-17/h8-9,13,16H,1-7,10-12,14-15H2. The number of likely N-dealkylation sites (tertiary alicyclic amines) is 1. The lowest BCUT2D eigenvalue weighted by Gasteiger charge is -2.49. The number of hydrogen-bond donors (Lipinski definition) is 0. The van der Waals surface area contributed by atoms with Crippen molar-refractivity contribution in [2.75, 3.05) is 37.6 Å². The largest absolute Gasteiger partial charge is 0.355 e. The lowest BCUT2D eigenvalue weighted by Crippen LogP contribution is -2.51. The van der Waals surface area contributed by atoms with Gasteiger partial charge in [0.05, 0.1) is 6.20 Å². The fraction of sp³-hybridized carbons (Fsp3) is 0.778. The van der Waals surface area contributed by atoms with Crippen LogP contribution in [0.5, 0.6) is 0 Å². The van der Waals surface area contributed by atoms with Crippen molar-refractivity contribution >= 4 is 5.82 Å². The Bertz CT molecular complexity index is 477. The highest BCUT2D eigenvalue weighted by atomic mass is 15.2. The lowest BCUT2D eigenvalue weighted by atomic mass is 9.72. The molecular weight excluding hydrogens is 272 g/mol. The molecule has 1 aromatic heterocycles. The average molecular weight is 300 g/mol. The maximum absolute atomic E-state index is 4.46. The lowest BCUT2D eigenvalue weighted by molar-refractivity contribution is 0.0455. The van der Waals surface area contributed by atoms with Crippen LogP contribution < -0.4 is 4.90 Å². The minimum Gasteiger partial charge on any atom is -0.355 e. The van der Waals surface area contributed by atoms with E-state index in [0.717, 1.165) is 24.8 Å². The van der Waals surface area contributed by atoms with Crippen LogP contribution in [0, 0.1) is 11.3 Å². The number of nitrogens with zero attached hydrogens (tertiary/aromatic N) is 4. The van der Waals surface area contributed by atoms with E-state index in [9.17, 15) is 0 Å². The molecule has 22 heavy (non-hydrogen) atoms. The minimum absolute atomic E-state index is 0.584. The SMILES string of the molecule is c1cnc(N2CCC3(CCCN(CC4CCC4)C3)CC2)cn1. The Kier molecular flexibility index (Phi) is 4.03. The molecule has 1 aliphatic carbocycles. The van der Waals surface area contributed by atoms with Crippen LogP contribution in [-0.2, 0) is 0 Å². The summed E-state index contributed by atoms with van der Waals surface area (Å²) in [5.41, 5.74) is 0.584. The van der Waals surface area contributed by atoms with Crippen molar-refractivity contribution in [1.29, 1.82) is 0 Å². The Morgan fingerprint density at radius 3 is 2.59 bits per heavy atom. The van der Waals surface area contributed by atoms with E-state index in [1.807, 2.05) is 6.20 Å². The molecule has 4 heteroatoms. The molecule has 2 saturated heterocycles. The smallest absolute Gasteiger partial charge is 0.147 e. The van der Waals surface area contributed by atoms with E-state index in [-0.39, 0.29) is 0 Å². The summed E-state index contributed by atoms with van der Waals surface area (Å²) in [5.74, 6) is 2.06. The predicted octanol–water partition coefficient (Wildman–Crippen LogP) is 2.96. The number of hydrogen-bond acceptors (Lipinski definition) is 4. The number of rotatable bonds is 3. The minimum atomic E-state index is 0.584. The highest BCUT2D eigenvalue weighted by molar-refractivity contribution is 5.35. The van der Waals surface area contributed by atoms with Gasteiger partial charge in [-0.3, -0.25) is 4.98 Å². The molecule has 0 N–H and O–H groups in total. The Balaban J connectivity index is 1.35. The van der Waals surface area contributed by atoms with Gasteiger partial charge in [-0.2, -0.15) is 0 Å².